The minimum absolute atomic E-state index is 0. The van der Waals surface area contributed by atoms with E-state index < -0.39 is 0 Å². The molecule has 0 N–H and O–H groups in total. The van der Waals surface area contributed by atoms with Crippen LogP contribution in [0.15, 0.2) is 27.9 Å². The normalized spacial score (nSPS) is 24.2. The van der Waals surface area contributed by atoms with Gasteiger partial charge in [0.15, 0.2) is 0 Å². The van der Waals surface area contributed by atoms with Crippen LogP contribution in [0.2, 0.25) is 0 Å². The molecule has 0 aromatic heterocycles. The molecule has 1 atom stereocenters. The second-order valence-electron chi connectivity index (χ2n) is 4.66. The first-order valence-electron chi connectivity index (χ1n) is 4.98. The number of hydrogen-bond donors (Lipinski definition) is 0. The zero-order chi connectivity index (χ0) is 12.1. The summed E-state index contributed by atoms with van der Waals surface area (Å²) in [6, 6.07) is 0. The van der Waals surface area contributed by atoms with Crippen molar-refractivity contribution < 1.29 is 31.5 Å². The van der Waals surface area contributed by atoms with E-state index in [1.54, 1.807) is 18.8 Å². The van der Waals surface area contributed by atoms with Crippen molar-refractivity contribution in [1.29, 1.82) is 0 Å². The van der Waals surface area contributed by atoms with Crippen LogP contribution in [0.3, 0.4) is 0 Å². The minimum atomic E-state index is -0.349. The molecule has 0 radical (unpaired) electrons. The molecular weight excluding hydrogens is 260 g/mol. The first-order chi connectivity index (χ1) is 7.50. The summed E-state index contributed by atoms with van der Waals surface area (Å²) in [6.45, 7) is 5.61. The van der Waals surface area contributed by atoms with Crippen LogP contribution < -0.4 is 0 Å². The molecule has 1 unspecified atom stereocenters. The van der Waals surface area contributed by atoms with Crippen LogP contribution >= 0.6 is 0 Å². The third-order valence-electron chi connectivity index (χ3n) is 3.55. The van der Waals surface area contributed by atoms with Crippen LogP contribution in [-0.2, 0) is 31.5 Å². The van der Waals surface area contributed by atoms with Gasteiger partial charge in [-0.15, -0.1) is 0 Å². The summed E-state index contributed by atoms with van der Waals surface area (Å²) in [4.78, 5) is 32.6. The number of fused-ring (bicyclic) bond motifs is 2. The summed E-state index contributed by atoms with van der Waals surface area (Å²) in [7, 11) is 0. The van der Waals surface area contributed by atoms with Crippen molar-refractivity contribution in [2.75, 3.05) is 0 Å². The Hall–Kier alpha value is -1.39. The van der Waals surface area contributed by atoms with Gasteiger partial charge in [-0.3, -0.25) is 0 Å². The summed E-state index contributed by atoms with van der Waals surface area (Å²) >= 11 is 0. The Labute approximate surface area is 109 Å². The van der Waals surface area contributed by atoms with Gasteiger partial charge in [0.25, 0.3) is 0 Å². The Morgan fingerprint density at radius 1 is 1.00 bits per heavy atom. The molecule has 0 aliphatic heterocycles. The Morgan fingerprint density at radius 2 is 1.53 bits per heavy atom. The van der Waals surface area contributed by atoms with Crippen LogP contribution in [0.5, 0.6) is 0 Å². The fourth-order valence-electron chi connectivity index (χ4n) is 2.93. The van der Waals surface area contributed by atoms with Gasteiger partial charge in [0.1, 0.15) is 17.8 Å². The molecule has 2 bridgehead atoms. The van der Waals surface area contributed by atoms with Crippen LogP contribution in [0.1, 0.15) is 20.8 Å². The van der Waals surface area contributed by atoms with Crippen LogP contribution in [-0.4, -0.2) is 17.8 Å². The minimum Gasteiger partial charge on any atom is -0.233 e. The predicted molar refractivity (Wildman–Crippen MR) is 57.6 cm³/mol. The van der Waals surface area contributed by atoms with Gasteiger partial charge in [-0.1, -0.05) is 13.8 Å². The third-order valence-corrected chi connectivity index (χ3v) is 3.55. The van der Waals surface area contributed by atoms with Gasteiger partial charge in [0, 0.05) is 34.0 Å². The summed E-state index contributed by atoms with van der Waals surface area (Å²) in [5.41, 5.74) is 2.17. The van der Waals surface area contributed by atoms with E-state index in [4.69, 9.17) is 0 Å². The summed E-state index contributed by atoms with van der Waals surface area (Å²) < 4.78 is 0. The molecule has 0 heterocycles. The molecular formula is C13H10FeO3. The van der Waals surface area contributed by atoms with E-state index in [1.807, 2.05) is 19.8 Å². The van der Waals surface area contributed by atoms with E-state index >= 15 is 0 Å². The van der Waals surface area contributed by atoms with E-state index in [0.29, 0.717) is 11.1 Å². The van der Waals surface area contributed by atoms with Gasteiger partial charge in [-0.25, -0.2) is 14.4 Å². The van der Waals surface area contributed by atoms with Gasteiger partial charge in [-0.2, -0.15) is 0 Å². The number of hydrogen-bond acceptors (Lipinski definition) is 3. The zero-order valence-electron chi connectivity index (χ0n) is 9.66. The van der Waals surface area contributed by atoms with Gasteiger partial charge in [0.05, 0.1) is 11.1 Å². The monoisotopic (exact) mass is 270 g/mol. The molecule has 0 aromatic rings. The zero-order valence-corrected chi connectivity index (χ0v) is 10.8. The topological polar surface area (TPSA) is 51.2 Å². The fourth-order valence-corrected chi connectivity index (χ4v) is 2.93. The van der Waals surface area contributed by atoms with Crippen molar-refractivity contribution in [3.8, 4) is 0 Å². The van der Waals surface area contributed by atoms with Crippen molar-refractivity contribution in [2.45, 2.75) is 20.8 Å². The van der Waals surface area contributed by atoms with E-state index in [2.05, 4.69) is 0 Å². The molecule has 0 saturated heterocycles. The van der Waals surface area contributed by atoms with E-state index in [0.717, 1.165) is 5.57 Å². The van der Waals surface area contributed by atoms with E-state index in [9.17, 15) is 14.4 Å². The summed E-state index contributed by atoms with van der Waals surface area (Å²) in [6.07, 6.45) is 0. The van der Waals surface area contributed by atoms with Crippen LogP contribution in [0.4, 0.5) is 0 Å². The van der Waals surface area contributed by atoms with Crippen molar-refractivity contribution in [3.05, 3.63) is 27.9 Å². The molecule has 17 heavy (non-hydrogen) atoms. The molecule has 3 aliphatic carbocycles. The largest absolute Gasteiger partial charge is 0.233 e. The van der Waals surface area contributed by atoms with Gasteiger partial charge >= 0.3 is 0 Å². The number of rotatable bonds is 0. The maximum Gasteiger partial charge on any atom is 0.133 e. The van der Waals surface area contributed by atoms with Crippen LogP contribution in [0.25, 0.3) is 0 Å². The molecule has 0 amide bonds. The molecule has 1 saturated carbocycles. The maximum atomic E-state index is 10.9. The molecule has 4 heteroatoms. The van der Waals surface area contributed by atoms with Gasteiger partial charge in [0.2, 0.25) is 0 Å². The molecule has 1 fully saturated rings. The molecule has 0 spiro atoms. The first-order valence-corrected chi connectivity index (χ1v) is 4.98. The fraction of sp³-hybridized carbons (Fsp3) is 0.385. The maximum absolute atomic E-state index is 10.9. The average Bonchev–Trinajstić information content (AvgIpc) is 2.25. The van der Waals surface area contributed by atoms with E-state index in [1.165, 1.54) is 0 Å². The smallest absolute Gasteiger partial charge is 0.133 e. The van der Waals surface area contributed by atoms with Crippen LogP contribution in [0, 0.1) is 11.3 Å². The van der Waals surface area contributed by atoms with Crippen molar-refractivity contribution in [1.82, 2.24) is 0 Å². The Bertz CT molecular complexity index is 576. The molecule has 3 nitrogen and oxygen atoms in total. The Balaban J connectivity index is 0.00000144. The van der Waals surface area contributed by atoms with Crippen molar-refractivity contribution in [2.24, 2.45) is 11.3 Å². The van der Waals surface area contributed by atoms with Gasteiger partial charge in [-0.05, 0) is 18.1 Å². The standard InChI is InChI=1S/C13H10O3.Fe/c1-7-8(4-14)9(5-15)12-10(6-16)11(7)13(12,2)3;/h12H,1-3H3;. The first kappa shape index (κ1) is 13.7. The Kier molecular flexibility index (Phi) is 3.32. The molecule has 88 valence electrons. The second kappa shape index (κ2) is 4.13. The molecule has 0 aromatic carbocycles. The van der Waals surface area contributed by atoms with Crippen molar-refractivity contribution >= 4 is 17.8 Å². The Morgan fingerprint density at radius 3 is 1.94 bits per heavy atom. The quantitative estimate of drug-likeness (QED) is 0.491. The van der Waals surface area contributed by atoms with Gasteiger partial charge < -0.3 is 0 Å². The average molecular weight is 270 g/mol. The van der Waals surface area contributed by atoms with E-state index in [-0.39, 0.29) is 39.5 Å². The molecule has 3 aliphatic rings. The second-order valence-corrected chi connectivity index (χ2v) is 4.66. The third kappa shape index (κ3) is 1.41. The number of carbonyl (C=O) groups excluding carboxylic acids is 3. The molecule has 3 rings (SSSR count). The summed E-state index contributed by atoms with van der Waals surface area (Å²) in [5.74, 6) is 5.06. The number of allylic oxidation sites excluding steroid dienone is 5. The predicted octanol–water partition coefficient (Wildman–Crippen LogP) is 1.24. The van der Waals surface area contributed by atoms with Crippen molar-refractivity contribution in [3.63, 3.8) is 0 Å². The SMILES string of the molecule is CC1=C2C(=C=O)C(C(=C=O)C1=C=O)C2(C)C.[Fe]. The summed E-state index contributed by atoms with van der Waals surface area (Å²) in [5, 5.41) is 0.